The van der Waals surface area contributed by atoms with E-state index in [2.05, 4.69) is 36.5 Å². The fourth-order valence-corrected chi connectivity index (χ4v) is 2.79. The van der Waals surface area contributed by atoms with Gasteiger partial charge in [-0.1, -0.05) is 19.1 Å². The van der Waals surface area contributed by atoms with Gasteiger partial charge in [0.15, 0.2) is 0 Å². The van der Waals surface area contributed by atoms with Crippen molar-refractivity contribution >= 4 is 0 Å². The van der Waals surface area contributed by atoms with Crippen LogP contribution in [0.5, 0.6) is 5.75 Å². The maximum Gasteiger partial charge on any atom is 0.120 e. The molecule has 2 unspecified atom stereocenters. The maximum absolute atomic E-state index is 5.91. The van der Waals surface area contributed by atoms with Crippen molar-refractivity contribution in [3.8, 4) is 5.75 Å². The molecule has 1 saturated heterocycles. The molecule has 1 aliphatic carbocycles. The molecule has 1 saturated carbocycles. The first-order chi connectivity index (χ1) is 9.86. The average Bonchev–Trinajstić information content (AvgIpc) is 3.11. The Morgan fingerprint density at radius 3 is 2.95 bits per heavy atom. The van der Waals surface area contributed by atoms with E-state index in [1.54, 1.807) is 0 Å². The Morgan fingerprint density at radius 2 is 2.25 bits per heavy atom. The number of nitrogens with one attached hydrogen (secondary N) is 1. The van der Waals surface area contributed by atoms with Crippen molar-refractivity contribution in [2.75, 3.05) is 13.2 Å². The van der Waals surface area contributed by atoms with Crippen LogP contribution in [-0.2, 0) is 4.74 Å². The van der Waals surface area contributed by atoms with E-state index in [1.165, 1.54) is 24.8 Å². The highest BCUT2D eigenvalue weighted by atomic mass is 16.5. The molecule has 1 aliphatic heterocycles. The van der Waals surface area contributed by atoms with Crippen molar-refractivity contribution < 1.29 is 9.47 Å². The minimum atomic E-state index is 0.292. The maximum atomic E-state index is 5.91. The van der Waals surface area contributed by atoms with E-state index >= 15 is 0 Å². The second-order valence-electron chi connectivity index (χ2n) is 5.87. The predicted octanol–water partition coefficient (Wildman–Crippen LogP) is 3.45. The van der Waals surface area contributed by atoms with Crippen molar-refractivity contribution in [2.45, 2.75) is 57.3 Å². The lowest BCUT2D eigenvalue weighted by molar-refractivity contribution is 0.0782. The van der Waals surface area contributed by atoms with E-state index < -0.39 is 0 Å². The van der Waals surface area contributed by atoms with Gasteiger partial charge in [0.25, 0.3) is 0 Å². The Kier molecular flexibility index (Phi) is 4.58. The minimum Gasteiger partial charge on any atom is -0.490 e. The molecule has 2 atom stereocenters. The zero-order valence-electron chi connectivity index (χ0n) is 12.3. The van der Waals surface area contributed by atoms with Crippen LogP contribution in [0, 0.1) is 0 Å². The van der Waals surface area contributed by atoms with Gasteiger partial charge in [0.05, 0.1) is 18.2 Å². The molecule has 0 bridgehead atoms. The Morgan fingerprint density at radius 1 is 1.35 bits per heavy atom. The predicted molar refractivity (Wildman–Crippen MR) is 80.1 cm³/mol. The third kappa shape index (κ3) is 3.53. The fourth-order valence-electron chi connectivity index (χ4n) is 2.79. The van der Waals surface area contributed by atoms with Gasteiger partial charge in [-0.15, -0.1) is 0 Å². The van der Waals surface area contributed by atoms with Crippen molar-refractivity contribution in [3.05, 3.63) is 29.8 Å². The highest BCUT2D eigenvalue weighted by Gasteiger charge is 2.28. The number of rotatable bonds is 7. The van der Waals surface area contributed by atoms with E-state index in [1.807, 2.05) is 0 Å². The van der Waals surface area contributed by atoms with Crippen LogP contribution in [0.15, 0.2) is 24.3 Å². The number of hydrogen-bond donors (Lipinski definition) is 1. The highest BCUT2D eigenvalue weighted by Crippen LogP contribution is 2.31. The minimum absolute atomic E-state index is 0.292. The summed E-state index contributed by atoms with van der Waals surface area (Å²) in [6.45, 7) is 4.12. The SMILES string of the molecule is CCCNC(c1cccc(OC2CC2)c1)C1CCCO1. The molecule has 0 aromatic heterocycles. The molecule has 2 aliphatic rings. The molecule has 1 N–H and O–H groups in total. The van der Waals surface area contributed by atoms with Gasteiger partial charge in [0.1, 0.15) is 5.75 Å². The molecule has 0 radical (unpaired) electrons. The normalized spacial score (nSPS) is 23.8. The quantitative estimate of drug-likeness (QED) is 0.827. The van der Waals surface area contributed by atoms with Crippen LogP contribution < -0.4 is 10.1 Å². The lowest BCUT2D eigenvalue weighted by Gasteiger charge is -2.25. The molecule has 3 heteroatoms. The number of benzene rings is 1. The Bertz CT molecular complexity index is 425. The van der Waals surface area contributed by atoms with Gasteiger partial charge < -0.3 is 14.8 Å². The molecule has 1 heterocycles. The fraction of sp³-hybridized carbons (Fsp3) is 0.647. The summed E-state index contributed by atoms with van der Waals surface area (Å²) in [5.74, 6) is 1.01. The summed E-state index contributed by atoms with van der Waals surface area (Å²) >= 11 is 0. The molecular weight excluding hydrogens is 250 g/mol. The second-order valence-corrected chi connectivity index (χ2v) is 5.87. The van der Waals surface area contributed by atoms with Gasteiger partial charge in [0, 0.05) is 6.61 Å². The van der Waals surface area contributed by atoms with Crippen LogP contribution in [0.4, 0.5) is 0 Å². The molecule has 20 heavy (non-hydrogen) atoms. The van der Waals surface area contributed by atoms with Crippen molar-refractivity contribution in [3.63, 3.8) is 0 Å². The molecule has 0 spiro atoms. The van der Waals surface area contributed by atoms with Crippen LogP contribution >= 0.6 is 0 Å². The largest absolute Gasteiger partial charge is 0.490 e. The first-order valence-electron chi connectivity index (χ1n) is 7.98. The summed E-state index contributed by atoms with van der Waals surface area (Å²) in [7, 11) is 0. The van der Waals surface area contributed by atoms with Gasteiger partial charge in [-0.05, 0) is 56.3 Å². The van der Waals surface area contributed by atoms with E-state index in [-0.39, 0.29) is 0 Å². The summed E-state index contributed by atoms with van der Waals surface area (Å²) in [6.07, 6.45) is 6.62. The van der Waals surface area contributed by atoms with Crippen molar-refractivity contribution in [2.24, 2.45) is 0 Å². The van der Waals surface area contributed by atoms with Gasteiger partial charge in [0.2, 0.25) is 0 Å². The molecule has 110 valence electrons. The standard InChI is InChI=1S/C17H25NO2/c1-2-10-18-17(16-7-4-11-19-16)13-5-3-6-15(12-13)20-14-8-9-14/h3,5-6,12,14,16-18H,2,4,7-11H2,1H3. The Labute approximate surface area is 121 Å². The third-order valence-electron chi connectivity index (χ3n) is 4.00. The topological polar surface area (TPSA) is 30.5 Å². The summed E-state index contributed by atoms with van der Waals surface area (Å²) in [5.41, 5.74) is 1.29. The smallest absolute Gasteiger partial charge is 0.120 e. The van der Waals surface area contributed by atoms with E-state index in [4.69, 9.17) is 9.47 Å². The molecule has 3 rings (SSSR count). The number of ether oxygens (including phenoxy) is 2. The number of hydrogen-bond acceptors (Lipinski definition) is 3. The Hall–Kier alpha value is -1.06. The first kappa shape index (κ1) is 13.9. The molecule has 1 aromatic rings. The Balaban J connectivity index is 1.73. The zero-order chi connectivity index (χ0) is 13.8. The van der Waals surface area contributed by atoms with Crippen LogP contribution in [0.25, 0.3) is 0 Å². The zero-order valence-corrected chi connectivity index (χ0v) is 12.3. The summed E-state index contributed by atoms with van der Waals surface area (Å²) in [4.78, 5) is 0. The van der Waals surface area contributed by atoms with E-state index in [0.29, 0.717) is 18.2 Å². The van der Waals surface area contributed by atoms with E-state index in [9.17, 15) is 0 Å². The monoisotopic (exact) mass is 275 g/mol. The third-order valence-corrected chi connectivity index (χ3v) is 4.00. The summed E-state index contributed by atoms with van der Waals surface area (Å²) in [6, 6.07) is 8.83. The molecular formula is C17H25NO2. The van der Waals surface area contributed by atoms with Crippen LogP contribution in [0.2, 0.25) is 0 Å². The van der Waals surface area contributed by atoms with Gasteiger partial charge in [-0.2, -0.15) is 0 Å². The molecule has 0 amide bonds. The van der Waals surface area contributed by atoms with Crippen LogP contribution in [0.3, 0.4) is 0 Å². The highest BCUT2D eigenvalue weighted by molar-refractivity contribution is 5.32. The molecule has 1 aromatic carbocycles. The summed E-state index contributed by atoms with van der Waals surface area (Å²) in [5, 5.41) is 3.64. The molecule has 2 fully saturated rings. The van der Waals surface area contributed by atoms with Gasteiger partial charge >= 0.3 is 0 Å². The lowest BCUT2D eigenvalue weighted by Crippen LogP contribution is -2.32. The molecule has 3 nitrogen and oxygen atoms in total. The van der Waals surface area contributed by atoms with Crippen molar-refractivity contribution in [1.82, 2.24) is 5.32 Å². The van der Waals surface area contributed by atoms with Gasteiger partial charge in [-0.3, -0.25) is 0 Å². The summed E-state index contributed by atoms with van der Waals surface area (Å²) < 4.78 is 11.8. The second kappa shape index (κ2) is 6.59. The average molecular weight is 275 g/mol. The van der Waals surface area contributed by atoms with Gasteiger partial charge in [-0.25, -0.2) is 0 Å². The van der Waals surface area contributed by atoms with Crippen molar-refractivity contribution in [1.29, 1.82) is 0 Å². The van der Waals surface area contributed by atoms with Crippen LogP contribution in [0.1, 0.15) is 50.6 Å². The van der Waals surface area contributed by atoms with Crippen LogP contribution in [-0.4, -0.2) is 25.4 Å². The lowest BCUT2D eigenvalue weighted by atomic mass is 9.99. The van der Waals surface area contributed by atoms with E-state index in [0.717, 1.165) is 31.7 Å². The first-order valence-corrected chi connectivity index (χ1v) is 7.98.